The molecule has 0 aliphatic heterocycles. The number of aliphatic hydroxyl groups is 1. The van der Waals surface area contributed by atoms with Gasteiger partial charge in [0.05, 0.1) is 11.3 Å². The van der Waals surface area contributed by atoms with Crippen LogP contribution in [0.4, 0.5) is 14.5 Å². The van der Waals surface area contributed by atoms with Crippen molar-refractivity contribution in [3.63, 3.8) is 0 Å². The van der Waals surface area contributed by atoms with E-state index in [0.717, 1.165) is 5.52 Å². The lowest BCUT2D eigenvalue weighted by molar-refractivity contribution is -0.118. The van der Waals surface area contributed by atoms with Gasteiger partial charge in [-0.05, 0) is 68.3 Å². The van der Waals surface area contributed by atoms with E-state index in [4.69, 9.17) is 0 Å². The SMILES string of the molecule is Cn1c(C(C)(C)O)c(C2CC(N(C=O)c3ccc(F)cc3)CC2=O)c2cc(F)ccc21. The molecule has 0 spiro atoms. The number of hydrogen-bond donors (Lipinski definition) is 1. The number of nitrogens with zero attached hydrogens (tertiary/aromatic N) is 2. The number of carbonyl (C=O) groups is 2. The van der Waals surface area contributed by atoms with E-state index in [1.165, 1.54) is 41.3 Å². The monoisotopic (exact) mass is 426 g/mol. The van der Waals surface area contributed by atoms with Gasteiger partial charge in [-0.25, -0.2) is 8.78 Å². The van der Waals surface area contributed by atoms with Crippen LogP contribution in [0.5, 0.6) is 0 Å². The van der Waals surface area contributed by atoms with Crippen molar-refractivity contribution < 1.29 is 23.5 Å². The minimum atomic E-state index is -1.26. The molecule has 1 aliphatic rings. The fourth-order valence-corrected chi connectivity index (χ4v) is 4.86. The fourth-order valence-electron chi connectivity index (χ4n) is 4.86. The van der Waals surface area contributed by atoms with Crippen molar-refractivity contribution in [2.45, 2.75) is 44.2 Å². The number of fused-ring (bicyclic) bond motifs is 1. The number of aromatic nitrogens is 1. The number of Topliss-reactive ketones (excluding diaryl/α,β-unsaturated/α-hetero) is 1. The van der Waals surface area contributed by atoms with Gasteiger partial charge in [0.2, 0.25) is 6.41 Å². The van der Waals surface area contributed by atoms with E-state index < -0.39 is 29.2 Å². The molecule has 2 aromatic carbocycles. The minimum Gasteiger partial charge on any atom is -0.384 e. The van der Waals surface area contributed by atoms with E-state index >= 15 is 0 Å². The van der Waals surface area contributed by atoms with Gasteiger partial charge in [0.25, 0.3) is 0 Å². The summed E-state index contributed by atoms with van der Waals surface area (Å²) >= 11 is 0. The van der Waals surface area contributed by atoms with Crippen LogP contribution in [0.2, 0.25) is 0 Å². The Morgan fingerprint density at radius 2 is 1.77 bits per heavy atom. The maximum absolute atomic E-state index is 14.1. The molecule has 3 aromatic rings. The number of anilines is 1. The van der Waals surface area contributed by atoms with Crippen LogP contribution < -0.4 is 4.90 Å². The third-order valence-corrected chi connectivity index (χ3v) is 6.09. The number of carbonyl (C=O) groups excluding carboxylic acids is 2. The molecular weight excluding hydrogens is 402 g/mol. The van der Waals surface area contributed by atoms with Gasteiger partial charge in [-0.15, -0.1) is 0 Å². The first kappa shape index (κ1) is 21.2. The Balaban J connectivity index is 1.80. The van der Waals surface area contributed by atoms with E-state index in [2.05, 4.69) is 0 Å². The summed E-state index contributed by atoms with van der Waals surface area (Å²) in [7, 11) is 1.78. The molecule has 1 amide bonds. The molecular formula is C24H24F2N2O3. The molecule has 1 fully saturated rings. The lowest BCUT2D eigenvalue weighted by Gasteiger charge is -2.25. The van der Waals surface area contributed by atoms with Crippen molar-refractivity contribution >= 4 is 28.8 Å². The second-order valence-electron chi connectivity index (χ2n) is 8.64. The Bertz CT molecular complexity index is 1160. The summed E-state index contributed by atoms with van der Waals surface area (Å²) in [5.74, 6) is -1.52. The average molecular weight is 426 g/mol. The second kappa shape index (κ2) is 7.57. The molecule has 0 radical (unpaired) electrons. The standard InChI is InChI=1S/C24H24F2N2O3/c1-24(2,31)23-22(18-10-15(26)6-9-20(18)27(23)3)19-11-17(12-21(19)30)28(13-29)16-7-4-14(25)5-8-16/h4-10,13,17,19,31H,11-12H2,1-3H3. The van der Waals surface area contributed by atoms with Crippen molar-refractivity contribution in [3.8, 4) is 0 Å². The molecule has 0 saturated heterocycles. The molecule has 31 heavy (non-hydrogen) atoms. The molecule has 1 saturated carbocycles. The zero-order chi connectivity index (χ0) is 22.5. The third-order valence-electron chi connectivity index (χ3n) is 6.09. The Labute approximate surface area is 178 Å². The molecule has 2 atom stereocenters. The smallest absolute Gasteiger partial charge is 0.214 e. The first-order chi connectivity index (χ1) is 14.6. The van der Waals surface area contributed by atoms with Crippen LogP contribution in [-0.2, 0) is 22.2 Å². The van der Waals surface area contributed by atoms with E-state index in [1.807, 2.05) is 0 Å². The van der Waals surface area contributed by atoms with Crippen LogP contribution in [0.25, 0.3) is 10.9 Å². The molecule has 7 heteroatoms. The maximum atomic E-state index is 14.1. The summed E-state index contributed by atoms with van der Waals surface area (Å²) in [5.41, 5.74) is 1.10. The predicted molar refractivity (Wildman–Crippen MR) is 114 cm³/mol. The average Bonchev–Trinajstić information content (AvgIpc) is 3.20. The van der Waals surface area contributed by atoms with E-state index in [-0.39, 0.29) is 12.2 Å². The highest BCUT2D eigenvalue weighted by Gasteiger charge is 2.41. The van der Waals surface area contributed by atoms with Crippen molar-refractivity contribution in [3.05, 3.63) is 65.4 Å². The van der Waals surface area contributed by atoms with Crippen LogP contribution in [0.1, 0.15) is 43.9 Å². The van der Waals surface area contributed by atoms with Crippen LogP contribution >= 0.6 is 0 Å². The number of benzene rings is 2. The maximum Gasteiger partial charge on any atom is 0.214 e. The lowest BCUT2D eigenvalue weighted by atomic mass is 9.88. The fraction of sp³-hybridized carbons (Fsp3) is 0.333. The first-order valence-corrected chi connectivity index (χ1v) is 10.1. The van der Waals surface area contributed by atoms with Crippen LogP contribution in [-0.4, -0.2) is 27.9 Å². The van der Waals surface area contributed by atoms with Gasteiger partial charge in [0.15, 0.2) is 0 Å². The van der Waals surface area contributed by atoms with E-state index in [1.54, 1.807) is 31.5 Å². The van der Waals surface area contributed by atoms with Gasteiger partial charge in [-0.3, -0.25) is 9.59 Å². The highest BCUT2D eigenvalue weighted by Crippen LogP contribution is 2.44. The van der Waals surface area contributed by atoms with Gasteiger partial charge < -0.3 is 14.6 Å². The summed E-state index contributed by atoms with van der Waals surface area (Å²) in [4.78, 5) is 26.4. The quantitative estimate of drug-likeness (QED) is 0.623. The number of hydrogen-bond acceptors (Lipinski definition) is 3. The highest BCUT2D eigenvalue weighted by atomic mass is 19.1. The minimum absolute atomic E-state index is 0.0822. The number of aryl methyl sites for hydroxylation is 1. The topological polar surface area (TPSA) is 62.5 Å². The first-order valence-electron chi connectivity index (χ1n) is 10.1. The zero-order valence-electron chi connectivity index (χ0n) is 17.6. The van der Waals surface area contributed by atoms with Crippen LogP contribution in [0.3, 0.4) is 0 Å². The van der Waals surface area contributed by atoms with E-state index in [0.29, 0.717) is 35.2 Å². The lowest BCUT2D eigenvalue weighted by Crippen LogP contribution is -2.32. The number of amides is 1. The Morgan fingerprint density at radius 1 is 1.13 bits per heavy atom. The molecule has 162 valence electrons. The van der Waals surface area contributed by atoms with Crippen molar-refractivity contribution in [1.82, 2.24) is 4.57 Å². The van der Waals surface area contributed by atoms with Crippen LogP contribution in [0, 0.1) is 11.6 Å². The number of halogens is 2. The van der Waals surface area contributed by atoms with E-state index in [9.17, 15) is 23.5 Å². The molecule has 1 aliphatic carbocycles. The molecule has 5 nitrogen and oxygen atoms in total. The highest BCUT2D eigenvalue weighted by molar-refractivity contribution is 5.97. The summed E-state index contributed by atoms with van der Waals surface area (Å²) in [6.45, 7) is 3.27. The van der Waals surface area contributed by atoms with Gasteiger partial charge in [-0.1, -0.05) is 0 Å². The summed E-state index contributed by atoms with van der Waals surface area (Å²) in [6.07, 6.45) is 1.10. The van der Waals surface area contributed by atoms with Crippen molar-refractivity contribution in [2.75, 3.05) is 4.90 Å². The molecule has 1 heterocycles. The van der Waals surface area contributed by atoms with Crippen LogP contribution in [0.15, 0.2) is 42.5 Å². The van der Waals surface area contributed by atoms with Crippen molar-refractivity contribution in [1.29, 1.82) is 0 Å². The summed E-state index contributed by atoms with van der Waals surface area (Å²) < 4.78 is 29.2. The normalized spacial score (nSPS) is 19.2. The van der Waals surface area contributed by atoms with Gasteiger partial charge >= 0.3 is 0 Å². The molecule has 0 bridgehead atoms. The Kier molecular flexibility index (Phi) is 5.17. The summed E-state index contributed by atoms with van der Waals surface area (Å²) in [5, 5.41) is 11.4. The van der Waals surface area contributed by atoms with Gasteiger partial charge in [-0.2, -0.15) is 0 Å². The Morgan fingerprint density at radius 3 is 2.39 bits per heavy atom. The third kappa shape index (κ3) is 3.63. The molecule has 1 aromatic heterocycles. The van der Waals surface area contributed by atoms with Gasteiger partial charge in [0.1, 0.15) is 17.4 Å². The van der Waals surface area contributed by atoms with Crippen molar-refractivity contribution in [2.24, 2.45) is 7.05 Å². The second-order valence-corrected chi connectivity index (χ2v) is 8.64. The molecule has 4 rings (SSSR count). The zero-order valence-corrected chi connectivity index (χ0v) is 17.6. The summed E-state index contributed by atoms with van der Waals surface area (Å²) in [6, 6.07) is 9.48. The largest absolute Gasteiger partial charge is 0.384 e. The molecule has 1 N–H and O–H groups in total. The predicted octanol–water partition coefficient (Wildman–Crippen LogP) is 4.16. The number of ketones is 1. The number of rotatable bonds is 5. The molecule has 2 unspecified atom stereocenters. The van der Waals surface area contributed by atoms with Gasteiger partial charge in [0, 0.05) is 42.0 Å². The Hall–Kier alpha value is -3.06.